The molecule has 1 amide bonds. The number of nitrogens with zero attached hydrogens (tertiary/aromatic N) is 2. The third-order valence-electron chi connectivity index (χ3n) is 3.90. The Balaban J connectivity index is 1.83. The first-order valence-electron chi connectivity index (χ1n) is 7.35. The van der Waals surface area contributed by atoms with E-state index in [1.807, 2.05) is 26.0 Å². The molecular formula is C16H19N3O2. The van der Waals surface area contributed by atoms with E-state index < -0.39 is 0 Å². The zero-order valence-electron chi connectivity index (χ0n) is 12.3. The number of carbonyl (C=O) groups excluding carboxylic acids is 1. The fraction of sp³-hybridized carbons (Fsp3) is 0.438. The molecule has 0 radical (unpaired) electrons. The van der Waals surface area contributed by atoms with E-state index in [1.165, 1.54) is 6.39 Å². The van der Waals surface area contributed by atoms with Crippen LogP contribution in [0, 0.1) is 12.8 Å². The van der Waals surface area contributed by atoms with E-state index in [0.29, 0.717) is 23.8 Å². The fourth-order valence-corrected chi connectivity index (χ4v) is 2.58. The second-order valence-corrected chi connectivity index (χ2v) is 5.47. The molecule has 2 heterocycles. The highest BCUT2D eigenvalue weighted by Gasteiger charge is 2.35. The smallest absolute Gasteiger partial charge is 0.274 e. The monoisotopic (exact) mass is 285 g/mol. The van der Waals surface area contributed by atoms with Gasteiger partial charge in [-0.05, 0) is 37.3 Å². The van der Waals surface area contributed by atoms with Crippen molar-refractivity contribution in [1.82, 2.24) is 15.3 Å². The normalized spacial score (nSPS) is 15.7. The molecule has 0 aliphatic heterocycles. The maximum Gasteiger partial charge on any atom is 0.274 e. The van der Waals surface area contributed by atoms with Crippen molar-refractivity contribution < 1.29 is 9.21 Å². The van der Waals surface area contributed by atoms with Crippen LogP contribution in [0.15, 0.2) is 29.1 Å². The van der Waals surface area contributed by atoms with Crippen molar-refractivity contribution in [3.8, 4) is 0 Å². The maximum absolute atomic E-state index is 12.5. The van der Waals surface area contributed by atoms with Crippen LogP contribution in [0.3, 0.4) is 0 Å². The van der Waals surface area contributed by atoms with Gasteiger partial charge in [0, 0.05) is 12.6 Å². The Hall–Kier alpha value is -2.17. The Morgan fingerprint density at radius 3 is 2.95 bits per heavy atom. The second kappa shape index (κ2) is 5.68. The molecule has 0 spiro atoms. The zero-order valence-corrected chi connectivity index (χ0v) is 12.3. The van der Waals surface area contributed by atoms with Gasteiger partial charge in [-0.1, -0.05) is 13.0 Å². The highest BCUT2D eigenvalue weighted by Crippen LogP contribution is 2.41. The molecule has 1 atom stereocenters. The summed E-state index contributed by atoms with van der Waals surface area (Å²) in [5.41, 5.74) is 2.44. The molecule has 2 aromatic rings. The zero-order chi connectivity index (χ0) is 14.8. The lowest BCUT2D eigenvalue weighted by atomic mass is 10.0. The van der Waals surface area contributed by atoms with E-state index in [-0.39, 0.29) is 11.9 Å². The van der Waals surface area contributed by atoms with Gasteiger partial charge >= 0.3 is 0 Å². The van der Waals surface area contributed by atoms with Crippen molar-refractivity contribution in [2.45, 2.75) is 39.2 Å². The van der Waals surface area contributed by atoms with Crippen LogP contribution >= 0.6 is 0 Å². The molecule has 1 fully saturated rings. The van der Waals surface area contributed by atoms with Gasteiger partial charge in [0.15, 0.2) is 12.1 Å². The summed E-state index contributed by atoms with van der Waals surface area (Å²) in [7, 11) is 0. The summed E-state index contributed by atoms with van der Waals surface area (Å²) in [6.07, 6.45) is 6.00. The summed E-state index contributed by atoms with van der Waals surface area (Å²) in [5.74, 6) is 0.918. The van der Waals surface area contributed by atoms with Gasteiger partial charge in [-0.3, -0.25) is 9.78 Å². The molecule has 0 unspecified atom stereocenters. The number of hydrogen-bond acceptors (Lipinski definition) is 4. The Bertz CT molecular complexity index is 646. The minimum Gasteiger partial charge on any atom is -0.448 e. The van der Waals surface area contributed by atoms with Gasteiger partial charge in [0.1, 0.15) is 5.76 Å². The predicted octanol–water partition coefficient (Wildman–Crippen LogP) is 2.82. The van der Waals surface area contributed by atoms with Crippen LogP contribution in [0.5, 0.6) is 0 Å². The van der Waals surface area contributed by atoms with Crippen LogP contribution in [0.1, 0.15) is 53.3 Å². The standard InChI is InChI=1S/C16H19N3O2/c1-3-12-15(18-9-21-12)16(20)19-14(11-6-7-11)13-10(2)5-4-8-17-13/h4-5,8-9,11,14H,3,6-7H2,1-2H3,(H,19,20)/t14-/m1/s1. The van der Waals surface area contributed by atoms with Gasteiger partial charge in [-0.2, -0.15) is 0 Å². The fourth-order valence-electron chi connectivity index (χ4n) is 2.58. The van der Waals surface area contributed by atoms with Crippen LogP contribution in [0.25, 0.3) is 0 Å². The van der Waals surface area contributed by atoms with Crippen LogP contribution in [0.4, 0.5) is 0 Å². The van der Waals surface area contributed by atoms with Crippen molar-refractivity contribution in [3.05, 3.63) is 47.4 Å². The third-order valence-corrected chi connectivity index (χ3v) is 3.90. The molecule has 1 N–H and O–H groups in total. The topological polar surface area (TPSA) is 68.0 Å². The molecule has 3 rings (SSSR count). The van der Waals surface area contributed by atoms with E-state index in [9.17, 15) is 4.79 Å². The summed E-state index contributed by atoms with van der Waals surface area (Å²) < 4.78 is 5.23. The van der Waals surface area contributed by atoms with Crippen molar-refractivity contribution in [2.24, 2.45) is 5.92 Å². The average Bonchev–Trinajstić information content (AvgIpc) is 3.21. The predicted molar refractivity (Wildman–Crippen MR) is 77.8 cm³/mol. The van der Waals surface area contributed by atoms with E-state index in [4.69, 9.17) is 4.42 Å². The Morgan fingerprint density at radius 2 is 2.29 bits per heavy atom. The lowest BCUT2D eigenvalue weighted by Crippen LogP contribution is -2.31. The highest BCUT2D eigenvalue weighted by atomic mass is 16.3. The molecule has 1 aliphatic carbocycles. The minimum atomic E-state index is -0.178. The van der Waals surface area contributed by atoms with Crippen molar-refractivity contribution in [1.29, 1.82) is 0 Å². The quantitative estimate of drug-likeness (QED) is 0.917. The van der Waals surface area contributed by atoms with Crippen LogP contribution in [0.2, 0.25) is 0 Å². The first-order valence-corrected chi connectivity index (χ1v) is 7.35. The molecule has 0 saturated heterocycles. The molecule has 2 aromatic heterocycles. The molecule has 21 heavy (non-hydrogen) atoms. The maximum atomic E-state index is 12.5. The van der Waals surface area contributed by atoms with Gasteiger partial charge in [0.25, 0.3) is 5.91 Å². The molecule has 0 aromatic carbocycles. The number of rotatable bonds is 5. The SMILES string of the molecule is CCc1ocnc1C(=O)N[C@@H](c1ncccc1C)C1CC1. The van der Waals surface area contributed by atoms with Crippen molar-refractivity contribution >= 4 is 5.91 Å². The minimum absolute atomic E-state index is 0.0416. The number of oxazole rings is 1. The van der Waals surface area contributed by atoms with E-state index >= 15 is 0 Å². The average molecular weight is 285 g/mol. The largest absolute Gasteiger partial charge is 0.448 e. The Kier molecular flexibility index (Phi) is 3.73. The van der Waals surface area contributed by atoms with Crippen LogP contribution in [-0.2, 0) is 6.42 Å². The number of nitrogens with one attached hydrogen (secondary N) is 1. The van der Waals surface area contributed by atoms with Gasteiger partial charge in [-0.15, -0.1) is 0 Å². The number of aryl methyl sites for hydroxylation is 2. The number of carbonyl (C=O) groups is 1. The first-order chi connectivity index (χ1) is 10.2. The molecule has 0 bridgehead atoms. The number of hydrogen-bond donors (Lipinski definition) is 1. The van der Waals surface area contributed by atoms with Gasteiger partial charge in [-0.25, -0.2) is 4.98 Å². The number of pyridine rings is 1. The third kappa shape index (κ3) is 2.82. The van der Waals surface area contributed by atoms with E-state index in [0.717, 1.165) is 24.1 Å². The lowest BCUT2D eigenvalue weighted by molar-refractivity contribution is 0.0924. The summed E-state index contributed by atoms with van der Waals surface area (Å²) in [5, 5.41) is 3.09. The molecule has 5 heteroatoms. The molecule has 1 saturated carbocycles. The number of amides is 1. The summed E-state index contributed by atoms with van der Waals surface area (Å²) in [4.78, 5) is 20.9. The summed E-state index contributed by atoms with van der Waals surface area (Å²) >= 11 is 0. The van der Waals surface area contributed by atoms with Gasteiger partial charge in [0.05, 0.1) is 11.7 Å². The Morgan fingerprint density at radius 1 is 1.48 bits per heavy atom. The van der Waals surface area contributed by atoms with Crippen molar-refractivity contribution in [3.63, 3.8) is 0 Å². The summed E-state index contributed by atoms with van der Waals surface area (Å²) in [6.45, 7) is 3.97. The molecular weight excluding hydrogens is 266 g/mol. The molecule has 1 aliphatic rings. The first kappa shape index (κ1) is 13.8. The number of aromatic nitrogens is 2. The summed E-state index contributed by atoms with van der Waals surface area (Å²) in [6, 6.07) is 3.90. The van der Waals surface area contributed by atoms with Gasteiger partial charge < -0.3 is 9.73 Å². The van der Waals surface area contributed by atoms with E-state index in [2.05, 4.69) is 15.3 Å². The second-order valence-electron chi connectivity index (χ2n) is 5.47. The molecule has 110 valence electrons. The molecule has 5 nitrogen and oxygen atoms in total. The highest BCUT2D eigenvalue weighted by molar-refractivity contribution is 5.93. The van der Waals surface area contributed by atoms with Crippen molar-refractivity contribution in [2.75, 3.05) is 0 Å². The Labute approximate surface area is 123 Å². The van der Waals surface area contributed by atoms with Crippen LogP contribution < -0.4 is 5.32 Å². The van der Waals surface area contributed by atoms with Crippen LogP contribution in [-0.4, -0.2) is 15.9 Å². The van der Waals surface area contributed by atoms with Gasteiger partial charge in [0.2, 0.25) is 0 Å². The lowest BCUT2D eigenvalue weighted by Gasteiger charge is -2.19. The van der Waals surface area contributed by atoms with E-state index in [1.54, 1.807) is 6.20 Å².